The minimum Gasteiger partial charge on any atom is -0.459 e. The van der Waals surface area contributed by atoms with Gasteiger partial charge < -0.3 is 14.8 Å². The molecule has 27 heavy (non-hydrogen) atoms. The summed E-state index contributed by atoms with van der Waals surface area (Å²) in [6, 6.07) is 5.35. The number of hydrogen-bond donors (Lipinski definition) is 1. The summed E-state index contributed by atoms with van der Waals surface area (Å²) in [5.74, 6) is -0.608. The molecule has 152 valence electrons. The molecule has 1 heterocycles. The van der Waals surface area contributed by atoms with Gasteiger partial charge in [-0.15, -0.1) is 13.2 Å². The van der Waals surface area contributed by atoms with E-state index < -0.39 is 18.0 Å². The van der Waals surface area contributed by atoms with Crippen LogP contribution in [0, 0.1) is 0 Å². The molecule has 1 N–H and O–H groups in total. The van der Waals surface area contributed by atoms with Crippen LogP contribution in [0.2, 0.25) is 0 Å². The van der Waals surface area contributed by atoms with Crippen LogP contribution in [0.4, 0.5) is 13.2 Å². The van der Waals surface area contributed by atoms with Gasteiger partial charge in [0.25, 0.3) is 0 Å². The van der Waals surface area contributed by atoms with Gasteiger partial charge in [-0.05, 0) is 51.8 Å². The Kier molecular flexibility index (Phi) is 6.75. The molecule has 2 atom stereocenters. The van der Waals surface area contributed by atoms with E-state index in [0.717, 1.165) is 12.1 Å². The van der Waals surface area contributed by atoms with Crippen molar-refractivity contribution in [3.63, 3.8) is 0 Å². The molecule has 0 radical (unpaired) electrons. The topological polar surface area (TPSA) is 50.8 Å². The molecular weight excluding hydrogens is 361 g/mol. The van der Waals surface area contributed by atoms with Crippen LogP contribution in [0.15, 0.2) is 24.3 Å². The van der Waals surface area contributed by atoms with Crippen molar-refractivity contribution in [1.82, 2.24) is 10.2 Å². The monoisotopic (exact) mass is 388 g/mol. The van der Waals surface area contributed by atoms with Gasteiger partial charge in [0, 0.05) is 25.7 Å². The fourth-order valence-electron chi connectivity index (χ4n) is 3.03. The van der Waals surface area contributed by atoms with Crippen LogP contribution < -0.4 is 10.1 Å². The van der Waals surface area contributed by atoms with Crippen LogP contribution in [-0.2, 0) is 16.0 Å². The second-order valence-electron chi connectivity index (χ2n) is 7.80. The zero-order valence-electron chi connectivity index (χ0n) is 16.1. The smallest absolute Gasteiger partial charge is 0.459 e. The number of rotatable bonds is 5. The van der Waals surface area contributed by atoms with Crippen LogP contribution in [0.25, 0.3) is 0 Å². The lowest BCUT2D eigenvalue weighted by Gasteiger charge is -2.37. The summed E-state index contributed by atoms with van der Waals surface area (Å²) in [5.41, 5.74) is 0.130. The Morgan fingerprint density at radius 3 is 2.41 bits per heavy atom. The van der Waals surface area contributed by atoms with Crippen LogP contribution in [0.1, 0.15) is 33.3 Å². The largest absolute Gasteiger partial charge is 0.573 e. The Bertz CT molecular complexity index is 627. The zero-order valence-corrected chi connectivity index (χ0v) is 16.1. The van der Waals surface area contributed by atoms with Crippen LogP contribution in [0.5, 0.6) is 5.75 Å². The summed E-state index contributed by atoms with van der Waals surface area (Å²) in [7, 11) is 0. The van der Waals surface area contributed by atoms with Crippen LogP contribution >= 0.6 is 0 Å². The molecule has 0 aromatic heterocycles. The average molecular weight is 388 g/mol. The molecule has 0 saturated carbocycles. The number of halogens is 3. The number of nitrogens with one attached hydrogen (secondary N) is 1. The number of hydrogen-bond acceptors (Lipinski definition) is 5. The Morgan fingerprint density at radius 2 is 1.89 bits per heavy atom. The standard InChI is InChI=1S/C19H27F3N2O3/c1-13-12-24(10-9-23-13)16(17(25)27-18(2,3)4)11-14-5-7-15(8-6-14)26-19(20,21)22/h5-8,13,16,23H,9-12H2,1-4H3/t13-,16-/m0/s1. The van der Waals surface area contributed by atoms with E-state index in [4.69, 9.17) is 4.74 Å². The maximum atomic E-state index is 12.8. The van der Waals surface area contributed by atoms with Crippen molar-refractivity contribution in [2.45, 2.75) is 58.2 Å². The van der Waals surface area contributed by atoms with Gasteiger partial charge in [-0.2, -0.15) is 0 Å². The molecule has 1 aliphatic rings. The normalized spacial score (nSPS) is 20.2. The van der Waals surface area contributed by atoms with Gasteiger partial charge in [-0.25, -0.2) is 0 Å². The number of piperazine rings is 1. The molecule has 5 nitrogen and oxygen atoms in total. The van der Waals surface area contributed by atoms with Gasteiger partial charge in [0.15, 0.2) is 0 Å². The van der Waals surface area contributed by atoms with Gasteiger partial charge in [0.2, 0.25) is 0 Å². The zero-order chi connectivity index (χ0) is 20.2. The lowest BCUT2D eigenvalue weighted by atomic mass is 10.0. The summed E-state index contributed by atoms with van der Waals surface area (Å²) in [4.78, 5) is 14.8. The Balaban J connectivity index is 2.14. The van der Waals surface area contributed by atoms with E-state index in [0.29, 0.717) is 19.5 Å². The molecule has 1 fully saturated rings. The Labute approximate surface area is 157 Å². The third kappa shape index (κ3) is 7.38. The second-order valence-corrected chi connectivity index (χ2v) is 7.80. The first-order chi connectivity index (χ1) is 12.4. The minimum atomic E-state index is -4.72. The summed E-state index contributed by atoms with van der Waals surface area (Å²) in [5, 5.41) is 3.33. The molecule has 1 aliphatic heterocycles. The molecule has 2 rings (SSSR count). The number of carbonyl (C=O) groups is 1. The van der Waals surface area contributed by atoms with Gasteiger partial charge >= 0.3 is 12.3 Å². The lowest BCUT2D eigenvalue weighted by molar-refractivity contribution is -0.274. The summed E-state index contributed by atoms with van der Waals surface area (Å²) in [6.07, 6.45) is -4.37. The van der Waals surface area contributed by atoms with E-state index in [2.05, 4.69) is 15.0 Å². The molecule has 0 unspecified atom stereocenters. The molecule has 0 bridgehead atoms. The summed E-state index contributed by atoms with van der Waals surface area (Å²) in [6.45, 7) is 9.63. The maximum Gasteiger partial charge on any atom is 0.573 e. The van der Waals surface area contributed by atoms with Crippen molar-refractivity contribution in [3.05, 3.63) is 29.8 Å². The highest BCUT2D eigenvalue weighted by atomic mass is 19.4. The van der Waals surface area contributed by atoms with Crippen molar-refractivity contribution in [2.24, 2.45) is 0 Å². The molecule has 0 spiro atoms. The van der Waals surface area contributed by atoms with Crippen molar-refractivity contribution in [2.75, 3.05) is 19.6 Å². The minimum absolute atomic E-state index is 0.242. The molecule has 1 aromatic rings. The van der Waals surface area contributed by atoms with Crippen molar-refractivity contribution in [1.29, 1.82) is 0 Å². The van der Waals surface area contributed by atoms with E-state index >= 15 is 0 Å². The number of carbonyl (C=O) groups excluding carboxylic acids is 1. The second kappa shape index (κ2) is 8.48. The highest BCUT2D eigenvalue weighted by molar-refractivity contribution is 5.76. The molecular formula is C19H27F3N2O3. The predicted molar refractivity (Wildman–Crippen MR) is 95.5 cm³/mol. The van der Waals surface area contributed by atoms with Gasteiger partial charge in [0.1, 0.15) is 17.4 Å². The molecule has 1 saturated heterocycles. The lowest BCUT2D eigenvalue weighted by Crippen LogP contribution is -2.56. The van der Waals surface area contributed by atoms with Crippen molar-refractivity contribution in [3.8, 4) is 5.75 Å². The number of esters is 1. The van der Waals surface area contributed by atoms with Gasteiger partial charge in [0.05, 0.1) is 0 Å². The van der Waals surface area contributed by atoms with E-state index in [9.17, 15) is 18.0 Å². The summed E-state index contributed by atoms with van der Waals surface area (Å²) < 4.78 is 46.4. The first-order valence-corrected chi connectivity index (χ1v) is 8.98. The third-order valence-electron chi connectivity index (χ3n) is 4.11. The highest BCUT2D eigenvalue weighted by Crippen LogP contribution is 2.24. The average Bonchev–Trinajstić information content (AvgIpc) is 2.51. The van der Waals surface area contributed by atoms with Crippen molar-refractivity contribution < 1.29 is 27.4 Å². The molecule has 0 aliphatic carbocycles. The van der Waals surface area contributed by atoms with Crippen LogP contribution in [-0.4, -0.2) is 54.6 Å². The molecule has 0 amide bonds. The van der Waals surface area contributed by atoms with E-state index in [1.807, 2.05) is 27.7 Å². The van der Waals surface area contributed by atoms with Gasteiger partial charge in [-0.1, -0.05) is 12.1 Å². The maximum absolute atomic E-state index is 12.8. The Hall–Kier alpha value is -1.80. The summed E-state index contributed by atoms with van der Waals surface area (Å²) >= 11 is 0. The fraction of sp³-hybridized carbons (Fsp3) is 0.632. The number of nitrogens with zero attached hydrogens (tertiary/aromatic N) is 1. The van der Waals surface area contributed by atoms with Gasteiger partial charge in [-0.3, -0.25) is 9.69 Å². The van der Waals surface area contributed by atoms with Crippen molar-refractivity contribution >= 4 is 5.97 Å². The fourth-order valence-corrected chi connectivity index (χ4v) is 3.03. The number of ether oxygens (including phenoxy) is 2. The number of alkyl halides is 3. The highest BCUT2D eigenvalue weighted by Gasteiger charge is 2.33. The van der Waals surface area contributed by atoms with E-state index in [-0.39, 0.29) is 17.8 Å². The SMILES string of the molecule is C[C@H]1CN([C@@H](Cc2ccc(OC(F)(F)F)cc2)C(=O)OC(C)(C)C)CCN1. The first-order valence-electron chi connectivity index (χ1n) is 8.98. The first kappa shape index (κ1) is 21.5. The molecule has 1 aromatic carbocycles. The quantitative estimate of drug-likeness (QED) is 0.786. The van der Waals surface area contributed by atoms with E-state index in [1.54, 1.807) is 12.1 Å². The Morgan fingerprint density at radius 1 is 1.26 bits per heavy atom. The predicted octanol–water partition coefficient (Wildman–Crippen LogP) is 3.13. The third-order valence-corrected chi connectivity index (χ3v) is 4.11. The van der Waals surface area contributed by atoms with Crippen LogP contribution in [0.3, 0.4) is 0 Å². The number of benzene rings is 1. The molecule has 8 heteroatoms. The van der Waals surface area contributed by atoms with E-state index in [1.165, 1.54) is 12.1 Å².